The molecular weight excluding hydrogens is 403 g/mol. The van der Waals surface area contributed by atoms with E-state index in [-0.39, 0.29) is 24.0 Å². The summed E-state index contributed by atoms with van der Waals surface area (Å²) in [6.45, 7) is 8.57. The first-order chi connectivity index (χ1) is 10.7. The highest BCUT2D eigenvalue weighted by Crippen LogP contribution is 2.22. The molecule has 0 aliphatic carbocycles. The number of nitrogens with one attached hydrogen (secondary N) is 1. The van der Waals surface area contributed by atoms with Crippen LogP contribution in [-0.2, 0) is 0 Å². The number of benzene rings is 1. The fourth-order valence-electron chi connectivity index (χ4n) is 2.39. The van der Waals surface area contributed by atoms with E-state index in [1.54, 1.807) is 7.11 Å². The molecule has 0 aromatic heterocycles. The van der Waals surface area contributed by atoms with Crippen LogP contribution in [-0.4, -0.2) is 44.1 Å². The van der Waals surface area contributed by atoms with Gasteiger partial charge in [0, 0.05) is 6.54 Å². The molecule has 0 atom stereocenters. The Bertz CT molecular complexity index is 448. The smallest absolute Gasteiger partial charge is 0.193 e. The molecule has 1 aromatic rings. The van der Waals surface area contributed by atoms with E-state index in [9.17, 15) is 0 Å². The Balaban J connectivity index is 0.00000484. The summed E-state index contributed by atoms with van der Waals surface area (Å²) >= 11 is 0. The number of ether oxygens (including phenoxy) is 1. The zero-order chi connectivity index (χ0) is 16.2. The summed E-state index contributed by atoms with van der Waals surface area (Å²) in [5.41, 5.74) is 6.77. The molecule has 0 aliphatic heterocycles. The van der Waals surface area contributed by atoms with Crippen molar-refractivity contribution >= 4 is 35.6 Å². The number of aliphatic imine (C=N–C) groups is 1. The van der Waals surface area contributed by atoms with E-state index in [0.717, 1.165) is 44.0 Å². The van der Waals surface area contributed by atoms with Crippen LogP contribution in [0.4, 0.5) is 5.69 Å². The first-order valence-electron chi connectivity index (χ1n) is 8.13. The van der Waals surface area contributed by atoms with Crippen LogP contribution >= 0.6 is 24.0 Å². The van der Waals surface area contributed by atoms with Gasteiger partial charge in [-0.15, -0.1) is 24.0 Å². The molecule has 23 heavy (non-hydrogen) atoms. The number of para-hydroxylation sites is 2. The molecule has 0 aliphatic rings. The summed E-state index contributed by atoms with van der Waals surface area (Å²) in [6.07, 6.45) is 3.41. The van der Waals surface area contributed by atoms with Crippen LogP contribution < -0.4 is 15.8 Å². The third kappa shape index (κ3) is 9.00. The van der Waals surface area contributed by atoms with Gasteiger partial charge in [-0.3, -0.25) is 4.99 Å². The molecule has 6 heteroatoms. The van der Waals surface area contributed by atoms with E-state index in [4.69, 9.17) is 10.5 Å². The molecule has 1 aromatic carbocycles. The van der Waals surface area contributed by atoms with E-state index in [1.807, 2.05) is 24.3 Å². The third-order valence-corrected chi connectivity index (χ3v) is 3.36. The Labute approximate surface area is 157 Å². The molecule has 0 bridgehead atoms. The van der Waals surface area contributed by atoms with Gasteiger partial charge in [-0.2, -0.15) is 0 Å². The zero-order valence-corrected chi connectivity index (χ0v) is 16.9. The van der Waals surface area contributed by atoms with Gasteiger partial charge >= 0.3 is 0 Å². The van der Waals surface area contributed by atoms with Gasteiger partial charge in [0.1, 0.15) is 5.75 Å². The van der Waals surface area contributed by atoms with E-state index in [1.165, 1.54) is 12.8 Å². The van der Waals surface area contributed by atoms with Gasteiger partial charge < -0.3 is 20.7 Å². The Hall–Kier alpha value is -1.02. The van der Waals surface area contributed by atoms with Crippen molar-refractivity contribution in [3.8, 4) is 5.75 Å². The van der Waals surface area contributed by atoms with Gasteiger partial charge in [-0.05, 0) is 51.0 Å². The number of halogens is 1. The van der Waals surface area contributed by atoms with Crippen molar-refractivity contribution in [2.45, 2.75) is 33.1 Å². The molecule has 0 saturated heterocycles. The lowest BCUT2D eigenvalue weighted by atomic mass is 10.3. The van der Waals surface area contributed by atoms with Crippen molar-refractivity contribution in [3.05, 3.63) is 24.3 Å². The predicted octanol–water partition coefficient (Wildman–Crippen LogP) is 3.55. The minimum atomic E-state index is 0. The third-order valence-electron chi connectivity index (χ3n) is 3.36. The molecule has 0 amide bonds. The average Bonchev–Trinajstić information content (AvgIpc) is 2.52. The molecule has 0 fully saturated rings. The largest absolute Gasteiger partial charge is 0.495 e. The molecule has 0 unspecified atom stereocenters. The van der Waals surface area contributed by atoms with Gasteiger partial charge in [0.15, 0.2) is 5.96 Å². The predicted molar refractivity (Wildman–Crippen MR) is 110 cm³/mol. The van der Waals surface area contributed by atoms with Crippen molar-refractivity contribution in [2.75, 3.05) is 38.6 Å². The van der Waals surface area contributed by atoms with Crippen molar-refractivity contribution < 1.29 is 4.74 Å². The highest BCUT2D eigenvalue weighted by molar-refractivity contribution is 14.0. The van der Waals surface area contributed by atoms with E-state index in [2.05, 4.69) is 29.1 Å². The second-order valence-corrected chi connectivity index (χ2v) is 5.29. The Morgan fingerprint density at radius 3 is 2.43 bits per heavy atom. The van der Waals surface area contributed by atoms with Crippen LogP contribution in [0, 0.1) is 0 Å². The van der Waals surface area contributed by atoms with Crippen molar-refractivity contribution in [3.63, 3.8) is 0 Å². The number of rotatable bonds is 10. The first kappa shape index (κ1) is 22.0. The number of nitrogens with two attached hydrogens (primary N) is 1. The maximum atomic E-state index is 5.93. The normalized spacial score (nSPS) is 11.2. The van der Waals surface area contributed by atoms with Gasteiger partial charge in [0.2, 0.25) is 0 Å². The topological polar surface area (TPSA) is 62.9 Å². The van der Waals surface area contributed by atoms with Crippen LogP contribution in [0.25, 0.3) is 0 Å². The number of hydrogen-bond acceptors (Lipinski definition) is 3. The summed E-state index contributed by atoms with van der Waals surface area (Å²) in [5.74, 6) is 1.19. The number of hydrogen-bond donors (Lipinski definition) is 2. The molecule has 0 saturated carbocycles. The molecule has 5 nitrogen and oxygen atoms in total. The molecule has 0 heterocycles. The van der Waals surface area contributed by atoms with Gasteiger partial charge in [-0.25, -0.2) is 0 Å². The second kappa shape index (κ2) is 13.4. The molecule has 0 radical (unpaired) electrons. The van der Waals surface area contributed by atoms with Gasteiger partial charge in [-0.1, -0.05) is 26.0 Å². The summed E-state index contributed by atoms with van der Waals surface area (Å²) in [7, 11) is 1.64. The van der Waals surface area contributed by atoms with Crippen molar-refractivity contribution in [1.82, 2.24) is 4.90 Å². The first-order valence-corrected chi connectivity index (χ1v) is 8.13. The minimum absolute atomic E-state index is 0. The molecular formula is C17H31IN4O. The van der Waals surface area contributed by atoms with Crippen molar-refractivity contribution in [2.24, 2.45) is 10.7 Å². The standard InChI is InChI=1S/C17H30N4O.HI/c1-4-12-21(13-5-2)14-8-11-19-17(18)20-15-9-6-7-10-16(15)22-3;/h6-7,9-10H,4-5,8,11-14H2,1-3H3,(H3,18,19,20);1H. The van der Waals surface area contributed by atoms with Crippen LogP contribution in [0.15, 0.2) is 29.3 Å². The second-order valence-electron chi connectivity index (χ2n) is 5.29. The van der Waals surface area contributed by atoms with Gasteiger partial charge in [0.25, 0.3) is 0 Å². The lowest BCUT2D eigenvalue weighted by Crippen LogP contribution is -2.27. The summed E-state index contributed by atoms with van der Waals surface area (Å²) in [5, 5.41) is 3.09. The summed E-state index contributed by atoms with van der Waals surface area (Å²) in [6, 6.07) is 7.67. The molecule has 0 spiro atoms. The maximum Gasteiger partial charge on any atom is 0.193 e. The van der Waals surface area contributed by atoms with Gasteiger partial charge in [0.05, 0.1) is 12.8 Å². The molecule has 1 rings (SSSR count). The van der Waals surface area contributed by atoms with E-state index < -0.39 is 0 Å². The fraction of sp³-hybridized carbons (Fsp3) is 0.588. The zero-order valence-electron chi connectivity index (χ0n) is 14.5. The number of methoxy groups -OCH3 is 1. The minimum Gasteiger partial charge on any atom is -0.495 e. The Morgan fingerprint density at radius 1 is 1.17 bits per heavy atom. The monoisotopic (exact) mass is 434 g/mol. The number of guanidine groups is 1. The maximum absolute atomic E-state index is 5.93. The quantitative estimate of drug-likeness (QED) is 0.256. The Morgan fingerprint density at radius 2 is 1.83 bits per heavy atom. The number of nitrogens with zero attached hydrogens (tertiary/aromatic N) is 2. The van der Waals surface area contributed by atoms with Crippen LogP contribution in [0.3, 0.4) is 0 Å². The van der Waals surface area contributed by atoms with E-state index >= 15 is 0 Å². The highest BCUT2D eigenvalue weighted by Gasteiger charge is 2.03. The van der Waals surface area contributed by atoms with Crippen molar-refractivity contribution in [1.29, 1.82) is 0 Å². The molecule has 3 N–H and O–H groups in total. The Kier molecular flexibility index (Phi) is 12.8. The van der Waals surface area contributed by atoms with Crippen LogP contribution in [0.5, 0.6) is 5.75 Å². The SMILES string of the molecule is CCCN(CCC)CCCN=C(N)Nc1ccccc1OC.I. The summed E-state index contributed by atoms with van der Waals surface area (Å²) < 4.78 is 5.28. The van der Waals surface area contributed by atoms with Crippen LogP contribution in [0.2, 0.25) is 0 Å². The number of anilines is 1. The lowest BCUT2D eigenvalue weighted by Gasteiger charge is -2.20. The van der Waals surface area contributed by atoms with E-state index in [0.29, 0.717) is 5.96 Å². The average molecular weight is 434 g/mol. The lowest BCUT2D eigenvalue weighted by molar-refractivity contribution is 0.273. The fourth-order valence-corrected chi connectivity index (χ4v) is 2.39. The highest BCUT2D eigenvalue weighted by atomic mass is 127. The van der Waals surface area contributed by atoms with Crippen LogP contribution in [0.1, 0.15) is 33.1 Å². The molecule has 132 valence electrons. The summed E-state index contributed by atoms with van der Waals surface area (Å²) in [4.78, 5) is 6.87.